The van der Waals surface area contributed by atoms with E-state index in [1.54, 1.807) is 4.90 Å². The van der Waals surface area contributed by atoms with Crippen LogP contribution in [0.1, 0.15) is 5.56 Å². The highest BCUT2D eigenvalue weighted by molar-refractivity contribution is 9.10. The second-order valence-electron chi connectivity index (χ2n) is 4.05. The highest BCUT2D eigenvalue weighted by atomic mass is 79.9. The Morgan fingerprint density at radius 1 is 1.59 bits per heavy atom. The summed E-state index contributed by atoms with van der Waals surface area (Å²) < 4.78 is 6.13. The first-order chi connectivity index (χ1) is 8.13. The lowest BCUT2D eigenvalue weighted by molar-refractivity contribution is -0.128. The van der Waals surface area contributed by atoms with Gasteiger partial charge in [0, 0.05) is 10.2 Å². The van der Waals surface area contributed by atoms with Crippen LogP contribution in [-0.4, -0.2) is 36.9 Å². The van der Waals surface area contributed by atoms with E-state index in [0.29, 0.717) is 6.61 Å². The molecule has 1 N–H and O–H groups in total. The van der Waals surface area contributed by atoms with Gasteiger partial charge in [-0.25, -0.2) is 0 Å². The monoisotopic (exact) mass is 299 g/mol. The molecule has 0 spiro atoms. The van der Waals surface area contributed by atoms with Crippen LogP contribution in [0.5, 0.6) is 0 Å². The number of hydrogen-bond acceptors (Lipinski definition) is 3. The molecule has 0 aliphatic carbocycles. The van der Waals surface area contributed by atoms with E-state index in [9.17, 15) is 9.90 Å². The molecule has 1 atom stereocenters. The molecule has 4 nitrogen and oxygen atoms in total. The second kappa shape index (κ2) is 5.16. The van der Waals surface area contributed by atoms with Crippen molar-refractivity contribution in [1.29, 1.82) is 0 Å². The molecule has 1 amide bonds. The maximum absolute atomic E-state index is 11.8. The number of amides is 1. The van der Waals surface area contributed by atoms with Gasteiger partial charge in [0.05, 0.1) is 19.3 Å². The molecular weight excluding hydrogens is 286 g/mol. The molecule has 0 saturated carbocycles. The summed E-state index contributed by atoms with van der Waals surface area (Å²) in [5.74, 6) is -0.114. The number of halogens is 1. The Balaban J connectivity index is 2.34. The maximum Gasteiger partial charge on any atom is 0.253 e. The summed E-state index contributed by atoms with van der Waals surface area (Å²) in [6, 6.07) is 5.40. The molecule has 1 saturated heterocycles. The lowest BCUT2D eigenvalue weighted by Gasteiger charge is -2.34. The summed E-state index contributed by atoms with van der Waals surface area (Å²) in [6.07, 6.45) is 0. The Labute approximate surface area is 108 Å². The van der Waals surface area contributed by atoms with E-state index in [1.807, 2.05) is 25.1 Å². The number of carbonyl (C=O) groups excluding carboxylic acids is 1. The standard InChI is InChI=1S/C12H14BrNO3/c1-8-4-9(2-3-11(8)13)14-10(5-15)6-17-7-12(14)16/h2-4,10,15H,5-7H2,1H3. The van der Waals surface area contributed by atoms with Crippen molar-refractivity contribution in [2.45, 2.75) is 13.0 Å². The first-order valence-electron chi connectivity index (χ1n) is 5.40. The second-order valence-corrected chi connectivity index (χ2v) is 4.90. The summed E-state index contributed by atoms with van der Waals surface area (Å²) in [6.45, 7) is 2.32. The topological polar surface area (TPSA) is 49.8 Å². The third-order valence-corrected chi connectivity index (χ3v) is 3.69. The minimum Gasteiger partial charge on any atom is -0.394 e. The number of rotatable bonds is 2. The van der Waals surface area contributed by atoms with Crippen LogP contribution in [0.3, 0.4) is 0 Å². The first kappa shape index (κ1) is 12.5. The number of anilines is 1. The molecular formula is C12H14BrNO3. The number of hydrogen-bond donors (Lipinski definition) is 1. The number of aryl methyl sites for hydroxylation is 1. The van der Waals surface area contributed by atoms with Gasteiger partial charge in [-0.3, -0.25) is 4.79 Å². The number of ether oxygens (including phenoxy) is 1. The van der Waals surface area contributed by atoms with Gasteiger partial charge >= 0.3 is 0 Å². The van der Waals surface area contributed by atoms with Crippen molar-refractivity contribution in [3.05, 3.63) is 28.2 Å². The van der Waals surface area contributed by atoms with Gasteiger partial charge in [0.2, 0.25) is 0 Å². The molecule has 1 heterocycles. The quantitative estimate of drug-likeness (QED) is 0.900. The van der Waals surface area contributed by atoms with E-state index in [1.165, 1.54) is 0 Å². The molecule has 1 unspecified atom stereocenters. The number of morpholine rings is 1. The van der Waals surface area contributed by atoms with Gasteiger partial charge in [-0.2, -0.15) is 0 Å². The molecule has 1 aliphatic heterocycles. The van der Waals surface area contributed by atoms with Crippen LogP contribution in [-0.2, 0) is 9.53 Å². The van der Waals surface area contributed by atoms with Gasteiger partial charge in [-0.15, -0.1) is 0 Å². The fourth-order valence-electron chi connectivity index (χ4n) is 1.90. The highest BCUT2D eigenvalue weighted by Crippen LogP contribution is 2.25. The van der Waals surface area contributed by atoms with Crippen molar-refractivity contribution < 1.29 is 14.6 Å². The average Bonchev–Trinajstić information content (AvgIpc) is 2.32. The Bertz CT molecular complexity index is 436. The Morgan fingerprint density at radius 3 is 3.00 bits per heavy atom. The van der Waals surface area contributed by atoms with E-state index in [2.05, 4.69) is 15.9 Å². The van der Waals surface area contributed by atoms with Crippen LogP contribution in [0.25, 0.3) is 0 Å². The third-order valence-electron chi connectivity index (χ3n) is 2.80. The molecule has 17 heavy (non-hydrogen) atoms. The molecule has 92 valence electrons. The zero-order valence-electron chi connectivity index (χ0n) is 9.52. The van der Waals surface area contributed by atoms with Crippen molar-refractivity contribution >= 4 is 27.5 Å². The number of nitrogens with zero attached hydrogens (tertiary/aromatic N) is 1. The summed E-state index contributed by atoms with van der Waals surface area (Å²) in [5.41, 5.74) is 1.86. The summed E-state index contributed by atoms with van der Waals surface area (Å²) in [7, 11) is 0. The largest absolute Gasteiger partial charge is 0.394 e. The van der Waals surface area contributed by atoms with Gasteiger partial charge in [-0.05, 0) is 30.7 Å². The SMILES string of the molecule is Cc1cc(N2C(=O)COCC2CO)ccc1Br. The predicted octanol–water partition coefficient (Wildman–Crippen LogP) is 1.48. The van der Waals surface area contributed by atoms with Crippen molar-refractivity contribution in [2.24, 2.45) is 0 Å². The van der Waals surface area contributed by atoms with Crippen LogP contribution < -0.4 is 4.90 Å². The van der Waals surface area contributed by atoms with E-state index < -0.39 is 0 Å². The number of carbonyl (C=O) groups is 1. The molecule has 1 aliphatic rings. The lowest BCUT2D eigenvalue weighted by atomic mass is 10.1. The molecule has 5 heteroatoms. The third kappa shape index (κ3) is 2.51. The van der Waals surface area contributed by atoms with Gasteiger partial charge < -0.3 is 14.7 Å². The van der Waals surface area contributed by atoms with Crippen LogP contribution in [0.15, 0.2) is 22.7 Å². The summed E-state index contributed by atoms with van der Waals surface area (Å²) >= 11 is 3.42. The van der Waals surface area contributed by atoms with E-state index in [-0.39, 0.29) is 25.2 Å². The minimum atomic E-state index is -0.295. The van der Waals surface area contributed by atoms with E-state index >= 15 is 0 Å². The molecule has 1 aromatic carbocycles. The summed E-state index contributed by atoms with van der Waals surface area (Å²) in [4.78, 5) is 13.5. The fourth-order valence-corrected chi connectivity index (χ4v) is 2.14. The highest BCUT2D eigenvalue weighted by Gasteiger charge is 2.29. The van der Waals surface area contributed by atoms with E-state index in [4.69, 9.17) is 4.74 Å². The average molecular weight is 300 g/mol. The zero-order valence-corrected chi connectivity index (χ0v) is 11.1. The van der Waals surface area contributed by atoms with Crippen molar-refractivity contribution in [2.75, 3.05) is 24.7 Å². The van der Waals surface area contributed by atoms with E-state index in [0.717, 1.165) is 15.7 Å². The van der Waals surface area contributed by atoms with Gasteiger partial charge in [0.1, 0.15) is 6.61 Å². The predicted molar refractivity (Wildman–Crippen MR) is 68.1 cm³/mol. The minimum absolute atomic E-state index is 0.0750. The van der Waals surface area contributed by atoms with Gasteiger partial charge in [0.25, 0.3) is 5.91 Å². The number of aliphatic hydroxyl groups is 1. The zero-order chi connectivity index (χ0) is 12.4. The van der Waals surface area contributed by atoms with Crippen LogP contribution in [0, 0.1) is 6.92 Å². The van der Waals surface area contributed by atoms with Crippen LogP contribution in [0.2, 0.25) is 0 Å². The molecule has 0 aromatic heterocycles. The van der Waals surface area contributed by atoms with Crippen LogP contribution >= 0.6 is 15.9 Å². The normalized spacial score (nSPS) is 20.8. The van der Waals surface area contributed by atoms with Crippen molar-refractivity contribution in [3.63, 3.8) is 0 Å². The lowest BCUT2D eigenvalue weighted by Crippen LogP contribution is -2.51. The number of aliphatic hydroxyl groups excluding tert-OH is 1. The van der Waals surface area contributed by atoms with Gasteiger partial charge in [-0.1, -0.05) is 15.9 Å². The van der Waals surface area contributed by atoms with Crippen molar-refractivity contribution in [1.82, 2.24) is 0 Å². The number of benzene rings is 1. The molecule has 1 fully saturated rings. The maximum atomic E-state index is 11.8. The van der Waals surface area contributed by atoms with Gasteiger partial charge in [0.15, 0.2) is 0 Å². The summed E-state index contributed by atoms with van der Waals surface area (Å²) in [5, 5.41) is 9.28. The van der Waals surface area contributed by atoms with Crippen LogP contribution in [0.4, 0.5) is 5.69 Å². The fraction of sp³-hybridized carbons (Fsp3) is 0.417. The smallest absolute Gasteiger partial charge is 0.253 e. The molecule has 0 radical (unpaired) electrons. The molecule has 1 aromatic rings. The molecule has 2 rings (SSSR count). The first-order valence-corrected chi connectivity index (χ1v) is 6.19. The van der Waals surface area contributed by atoms with Crippen molar-refractivity contribution in [3.8, 4) is 0 Å². The Morgan fingerprint density at radius 2 is 2.35 bits per heavy atom. The Kier molecular flexibility index (Phi) is 3.81. The molecule has 0 bridgehead atoms. The Hall–Kier alpha value is -0.910.